The Morgan fingerprint density at radius 2 is 1.85 bits per heavy atom. The fourth-order valence-corrected chi connectivity index (χ4v) is 3.09. The summed E-state index contributed by atoms with van der Waals surface area (Å²) in [7, 11) is 0. The third kappa shape index (κ3) is 2.88. The Labute approximate surface area is 154 Å². The molecular formula is C19H18N6O2. The van der Waals surface area contributed by atoms with Gasteiger partial charge in [-0.15, -0.1) is 0 Å². The van der Waals surface area contributed by atoms with Crippen LogP contribution in [0, 0.1) is 20.8 Å². The van der Waals surface area contributed by atoms with Gasteiger partial charge in [0.15, 0.2) is 0 Å². The van der Waals surface area contributed by atoms with Gasteiger partial charge in [-0.2, -0.15) is 4.98 Å². The summed E-state index contributed by atoms with van der Waals surface area (Å²) < 4.78 is 6.67. The molecule has 0 aromatic carbocycles. The number of pyridine rings is 2. The molecular weight excluding hydrogens is 344 g/mol. The molecule has 0 aliphatic carbocycles. The summed E-state index contributed by atoms with van der Waals surface area (Å²) in [6, 6.07) is 3.68. The molecule has 27 heavy (non-hydrogen) atoms. The van der Waals surface area contributed by atoms with Gasteiger partial charge in [0.25, 0.3) is 5.56 Å². The van der Waals surface area contributed by atoms with Crippen LogP contribution in [-0.4, -0.2) is 29.7 Å². The minimum atomic E-state index is -0.101. The zero-order valence-electron chi connectivity index (χ0n) is 15.5. The van der Waals surface area contributed by atoms with E-state index in [2.05, 4.69) is 25.1 Å². The predicted molar refractivity (Wildman–Crippen MR) is 100 cm³/mol. The molecule has 4 aromatic rings. The maximum Gasteiger partial charge on any atom is 0.260 e. The molecule has 0 aliphatic rings. The van der Waals surface area contributed by atoms with Crippen LogP contribution in [0.5, 0.6) is 0 Å². The Bertz CT molecular complexity index is 1220. The minimum absolute atomic E-state index is 0.101. The second-order valence-electron chi connectivity index (χ2n) is 6.33. The molecule has 0 fully saturated rings. The van der Waals surface area contributed by atoms with Crippen LogP contribution in [0.1, 0.15) is 24.2 Å². The van der Waals surface area contributed by atoms with Gasteiger partial charge >= 0.3 is 0 Å². The van der Waals surface area contributed by atoms with E-state index in [1.54, 1.807) is 23.9 Å². The van der Waals surface area contributed by atoms with Crippen molar-refractivity contribution in [2.45, 2.75) is 34.2 Å². The van der Waals surface area contributed by atoms with Gasteiger partial charge in [-0.05, 0) is 38.5 Å². The number of aryl methyl sites for hydroxylation is 4. The normalized spacial score (nSPS) is 11.3. The van der Waals surface area contributed by atoms with Gasteiger partial charge in [-0.1, -0.05) is 5.16 Å². The number of hydrogen-bond acceptors (Lipinski definition) is 7. The predicted octanol–water partition coefficient (Wildman–Crippen LogP) is 2.85. The van der Waals surface area contributed by atoms with Crippen molar-refractivity contribution < 1.29 is 4.52 Å². The lowest BCUT2D eigenvalue weighted by Crippen LogP contribution is -2.22. The van der Waals surface area contributed by atoms with Crippen LogP contribution in [-0.2, 0) is 6.54 Å². The van der Waals surface area contributed by atoms with E-state index in [-0.39, 0.29) is 5.56 Å². The minimum Gasteiger partial charge on any atom is -0.339 e. The van der Waals surface area contributed by atoms with Crippen LogP contribution < -0.4 is 5.56 Å². The van der Waals surface area contributed by atoms with Gasteiger partial charge in [0.05, 0.1) is 0 Å². The zero-order chi connectivity index (χ0) is 19.1. The largest absolute Gasteiger partial charge is 0.339 e. The number of hydrogen-bond donors (Lipinski definition) is 0. The highest BCUT2D eigenvalue weighted by Gasteiger charge is 2.16. The van der Waals surface area contributed by atoms with E-state index < -0.39 is 0 Å². The molecule has 0 unspecified atom stereocenters. The van der Waals surface area contributed by atoms with E-state index in [9.17, 15) is 4.79 Å². The summed E-state index contributed by atoms with van der Waals surface area (Å²) in [5.41, 5.74) is 3.36. The summed E-state index contributed by atoms with van der Waals surface area (Å²) in [6.07, 6.45) is 3.42. The molecule has 0 spiro atoms. The highest BCUT2D eigenvalue weighted by molar-refractivity contribution is 5.81. The Morgan fingerprint density at radius 1 is 1.04 bits per heavy atom. The van der Waals surface area contributed by atoms with Crippen molar-refractivity contribution >= 4 is 11.0 Å². The number of rotatable bonds is 3. The Kier molecular flexibility index (Phi) is 4.02. The maximum absolute atomic E-state index is 13.1. The summed E-state index contributed by atoms with van der Waals surface area (Å²) in [5, 5.41) is 4.71. The number of aromatic nitrogens is 6. The molecule has 0 amide bonds. The number of fused-ring (bicyclic) bond motifs is 1. The van der Waals surface area contributed by atoms with E-state index in [1.165, 1.54) is 0 Å². The molecule has 4 aromatic heterocycles. The van der Waals surface area contributed by atoms with Crippen molar-refractivity contribution in [2.75, 3.05) is 0 Å². The van der Waals surface area contributed by atoms with Crippen molar-refractivity contribution in [2.24, 2.45) is 0 Å². The molecule has 0 atom stereocenters. The van der Waals surface area contributed by atoms with E-state index in [1.807, 2.05) is 32.9 Å². The molecule has 8 nitrogen and oxygen atoms in total. The van der Waals surface area contributed by atoms with Crippen LogP contribution in [0.4, 0.5) is 0 Å². The summed E-state index contributed by atoms with van der Waals surface area (Å²) in [5.74, 6) is 1.54. The highest BCUT2D eigenvalue weighted by atomic mass is 16.5. The summed E-state index contributed by atoms with van der Waals surface area (Å²) >= 11 is 0. The lowest BCUT2D eigenvalue weighted by molar-refractivity contribution is 0.394. The molecule has 0 N–H and O–H groups in total. The molecule has 0 aliphatic heterocycles. The van der Waals surface area contributed by atoms with Crippen LogP contribution in [0.15, 0.2) is 33.8 Å². The Morgan fingerprint density at radius 3 is 2.52 bits per heavy atom. The van der Waals surface area contributed by atoms with Crippen molar-refractivity contribution in [3.8, 4) is 22.6 Å². The van der Waals surface area contributed by atoms with Crippen molar-refractivity contribution in [3.63, 3.8) is 0 Å². The van der Waals surface area contributed by atoms with Gasteiger partial charge in [0.2, 0.25) is 11.7 Å². The van der Waals surface area contributed by atoms with Crippen LogP contribution >= 0.6 is 0 Å². The van der Waals surface area contributed by atoms with Crippen LogP contribution in [0.25, 0.3) is 33.7 Å². The topological polar surface area (TPSA) is 99.6 Å². The quantitative estimate of drug-likeness (QED) is 0.552. The Balaban J connectivity index is 1.91. The molecule has 0 saturated heterocycles. The first-order chi connectivity index (χ1) is 13.0. The van der Waals surface area contributed by atoms with E-state index in [0.717, 1.165) is 16.5 Å². The molecule has 136 valence electrons. The van der Waals surface area contributed by atoms with E-state index >= 15 is 0 Å². The first kappa shape index (κ1) is 17.0. The average Bonchev–Trinajstić information content (AvgIpc) is 3.08. The first-order valence-electron chi connectivity index (χ1n) is 8.63. The fourth-order valence-electron chi connectivity index (χ4n) is 3.09. The van der Waals surface area contributed by atoms with Crippen molar-refractivity contribution in [1.82, 2.24) is 29.7 Å². The second-order valence-corrected chi connectivity index (χ2v) is 6.33. The first-order valence-corrected chi connectivity index (χ1v) is 8.63. The van der Waals surface area contributed by atoms with Crippen molar-refractivity contribution in [3.05, 3.63) is 52.2 Å². The van der Waals surface area contributed by atoms with E-state index in [4.69, 9.17) is 4.52 Å². The zero-order valence-corrected chi connectivity index (χ0v) is 15.5. The third-order valence-corrected chi connectivity index (χ3v) is 4.42. The average molecular weight is 362 g/mol. The van der Waals surface area contributed by atoms with Gasteiger partial charge in [-0.25, -0.2) is 9.97 Å². The summed E-state index contributed by atoms with van der Waals surface area (Å²) in [4.78, 5) is 30.4. The highest BCUT2D eigenvalue weighted by Crippen LogP contribution is 2.25. The molecule has 0 radical (unpaired) electrons. The molecule has 4 rings (SSSR count). The van der Waals surface area contributed by atoms with Gasteiger partial charge in [0, 0.05) is 42.4 Å². The molecule has 4 heterocycles. The summed E-state index contributed by atoms with van der Waals surface area (Å²) in [6.45, 7) is 7.91. The Hall–Kier alpha value is -3.42. The second kappa shape index (κ2) is 6.39. The fraction of sp³-hybridized carbons (Fsp3) is 0.263. The smallest absolute Gasteiger partial charge is 0.260 e. The molecule has 0 bridgehead atoms. The lowest BCUT2D eigenvalue weighted by atomic mass is 10.0. The SMILES string of the molecule is CCn1c(=O)c(-c2cnc(-c3noc(C)n3)cc2C)cc2cnc(C)nc21. The van der Waals surface area contributed by atoms with Gasteiger partial charge in [0.1, 0.15) is 17.2 Å². The standard InChI is InChI=1S/C19H18N6O2/c1-5-25-18-13(8-20-11(3)22-18)7-14(19(25)26)15-9-21-16(6-10(15)2)17-23-12(4)27-24-17/h6-9H,5H2,1-4H3. The number of nitrogens with zero attached hydrogens (tertiary/aromatic N) is 6. The van der Waals surface area contributed by atoms with Gasteiger partial charge < -0.3 is 4.52 Å². The van der Waals surface area contributed by atoms with Crippen LogP contribution in [0.2, 0.25) is 0 Å². The maximum atomic E-state index is 13.1. The lowest BCUT2D eigenvalue weighted by Gasteiger charge is -2.12. The van der Waals surface area contributed by atoms with Gasteiger partial charge in [-0.3, -0.25) is 14.3 Å². The molecule has 8 heteroatoms. The third-order valence-electron chi connectivity index (χ3n) is 4.42. The van der Waals surface area contributed by atoms with E-state index in [0.29, 0.717) is 41.0 Å². The monoisotopic (exact) mass is 362 g/mol. The molecule has 0 saturated carbocycles. The van der Waals surface area contributed by atoms with Crippen molar-refractivity contribution in [1.29, 1.82) is 0 Å². The van der Waals surface area contributed by atoms with Crippen LogP contribution in [0.3, 0.4) is 0 Å².